The maximum absolute atomic E-state index is 11.1. The third-order valence-corrected chi connectivity index (χ3v) is 6.77. The van der Waals surface area contributed by atoms with E-state index in [1.165, 1.54) is 10.5 Å². The average molecular weight is 425 g/mol. The number of pyridine rings is 1. The van der Waals surface area contributed by atoms with E-state index in [0.29, 0.717) is 5.02 Å². The molecule has 29 heavy (non-hydrogen) atoms. The fourth-order valence-corrected chi connectivity index (χ4v) is 4.82. The second kappa shape index (κ2) is 9.23. The zero-order chi connectivity index (χ0) is 20.1. The van der Waals surface area contributed by atoms with Crippen molar-refractivity contribution in [3.63, 3.8) is 0 Å². The molecule has 1 fully saturated rings. The van der Waals surface area contributed by atoms with Crippen molar-refractivity contribution in [2.45, 2.75) is 24.9 Å². The fraction of sp³-hybridized carbons (Fsp3) is 0.292. The Kier molecular flexibility index (Phi) is 6.46. The number of piperidine rings is 1. The van der Waals surface area contributed by atoms with Crippen LogP contribution in [0.5, 0.6) is 0 Å². The molecule has 0 amide bonds. The lowest BCUT2D eigenvalue weighted by atomic mass is 9.84. The zero-order valence-corrected chi connectivity index (χ0v) is 17.9. The molecule has 0 bridgehead atoms. The molecule has 1 saturated heterocycles. The van der Waals surface area contributed by atoms with Gasteiger partial charge < -0.3 is 10.0 Å². The number of halogens is 1. The summed E-state index contributed by atoms with van der Waals surface area (Å²) in [6, 6.07) is 16.0. The van der Waals surface area contributed by atoms with Crippen LogP contribution in [0.1, 0.15) is 35.3 Å². The van der Waals surface area contributed by atoms with Gasteiger partial charge in [0.15, 0.2) is 0 Å². The third kappa shape index (κ3) is 4.96. The SMILES string of the molecule is OC1(c2ccc(Cl)cc2)CCN(CC/C=C(\c2cccnc2)c2cccs2)CC1. The number of thiophene rings is 1. The van der Waals surface area contributed by atoms with Crippen molar-refractivity contribution in [3.8, 4) is 0 Å². The standard InChI is InChI=1S/C24H25ClN2OS/c25-21-9-7-20(8-10-21)24(28)11-15-27(16-12-24)14-2-5-22(23-6-3-17-29-23)19-4-1-13-26-18-19/h1,3-10,13,17-18,28H,2,11-12,14-16H2/b22-5+. The van der Waals surface area contributed by atoms with Crippen LogP contribution in [0.4, 0.5) is 0 Å². The van der Waals surface area contributed by atoms with E-state index in [1.807, 2.05) is 42.7 Å². The Balaban J connectivity index is 1.37. The Labute approximate surface area is 181 Å². The largest absolute Gasteiger partial charge is 0.385 e. The van der Waals surface area contributed by atoms with Crippen molar-refractivity contribution in [2.24, 2.45) is 0 Å². The van der Waals surface area contributed by atoms with E-state index in [4.69, 9.17) is 11.6 Å². The minimum atomic E-state index is -0.741. The van der Waals surface area contributed by atoms with Gasteiger partial charge in [-0.25, -0.2) is 0 Å². The molecule has 2 aromatic heterocycles. The predicted molar refractivity (Wildman–Crippen MR) is 121 cm³/mol. The number of aliphatic hydroxyl groups is 1. The van der Waals surface area contributed by atoms with E-state index in [2.05, 4.69) is 39.5 Å². The van der Waals surface area contributed by atoms with E-state index in [1.54, 1.807) is 11.3 Å². The van der Waals surface area contributed by atoms with Crippen molar-refractivity contribution in [2.75, 3.05) is 19.6 Å². The number of nitrogens with zero attached hydrogens (tertiary/aromatic N) is 2. The number of aromatic nitrogens is 1. The van der Waals surface area contributed by atoms with Gasteiger partial charge in [0.05, 0.1) is 5.60 Å². The molecule has 0 saturated carbocycles. The fourth-order valence-electron chi connectivity index (χ4n) is 3.90. The van der Waals surface area contributed by atoms with Gasteiger partial charge in [0.2, 0.25) is 0 Å². The summed E-state index contributed by atoms with van der Waals surface area (Å²) in [5.74, 6) is 0. The van der Waals surface area contributed by atoms with Crippen LogP contribution in [-0.4, -0.2) is 34.6 Å². The van der Waals surface area contributed by atoms with E-state index in [9.17, 15) is 5.11 Å². The van der Waals surface area contributed by atoms with Gasteiger partial charge >= 0.3 is 0 Å². The minimum Gasteiger partial charge on any atom is -0.385 e. The lowest BCUT2D eigenvalue weighted by molar-refractivity contribution is -0.0254. The molecule has 5 heteroatoms. The molecule has 0 atom stereocenters. The minimum absolute atomic E-state index is 0.705. The van der Waals surface area contributed by atoms with Crippen LogP contribution in [0.3, 0.4) is 0 Å². The van der Waals surface area contributed by atoms with Crippen molar-refractivity contribution >= 4 is 28.5 Å². The molecule has 3 aromatic rings. The Morgan fingerprint density at radius 2 is 1.93 bits per heavy atom. The number of rotatable bonds is 6. The monoisotopic (exact) mass is 424 g/mol. The Morgan fingerprint density at radius 3 is 2.59 bits per heavy atom. The van der Waals surface area contributed by atoms with Gasteiger partial charge in [0.1, 0.15) is 0 Å². The summed E-state index contributed by atoms with van der Waals surface area (Å²) in [6.07, 6.45) is 8.53. The highest BCUT2D eigenvalue weighted by atomic mass is 35.5. The first-order valence-corrected chi connectivity index (χ1v) is 11.2. The van der Waals surface area contributed by atoms with E-state index < -0.39 is 5.60 Å². The summed E-state index contributed by atoms with van der Waals surface area (Å²) in [5, 5.41) is 13.9. The van der Waals surface area contributed by atoms with Crippen LogP contribution < -0.4 is 0 Å². The second-order valence-electron chi connectivity index (χ2n) is 7.51. The lowest BCUT2D eigenvalue weighted by Gasteiger charge is -2.38. The Morgan fingerprint density at radius 1 is 1.14 bits per heavy atom. The van der Waals surface area contributed by atoms with Gasteiger partial charge in [0.25, 0.3) is 0 Å². The summed E-state index contributed by atoms with van der Waals surface area (Å²) < 4.78 is 0. The van der Waals surface area contributed by atoms with Crippen LogP contribution in [-0.2, 0) is 5.60 Å². The highest BCUT2D eigenvalue weighted by molar-refractivity contribution is 7.11. The first kappa shape index (κ1) is 20.3. The van der Waals surface area contributed by atoms with Crippen molar-refractivity contribution < 1.29 is 5.11 Å². The molecule has 150 valence electrons. The summed E-state index contributed by atoms with van der Waals surface area (Å²) in [7, 11) is 0. The van der Waals surface area contributed by atoms with Crippen LogP contribution in [0.15, 0.2) is 72.4 Å². The lowest BCUT2D eigenvalue weighted by Crippen LogP contribution is -2.42. The summed E-state index contributed by atoms with van der Waals surface area (Å²) >= 11 is 7.74. The number of benzene rings is 1. The average Bonchev–Trinajstić information content (AvgIpc) is 3.28. The summed E-state index contributed by atoms with van der Waals surface area (Å²) in [4.78, 5) is 7.99. The van der Waals surface area contributed by atoms with E-state index in [-0.39, 0.29) is 0 Å². The zero-order valence-electron chi connectivity index (χ0n) is 16.3. The predicted octanol–water partition coefficient (Wildman–Crippen LogP) is 5.60. The molecular weight excluding hydrogens is 400 g/mol. The van der Waals surface area contributed by atoms with Crippen LogP contribution in [0.2, 0.25) is 5.02 Å². The molecule has 0 radical (unpaired) electrons. The number of likely N-dealkylation sites (tertiary alicyclic amines) is 1. The van der Waals surface area contributed by atoms with Gasteiger partial charge in [-0.2, -0.15) is 0 Å². The molecule has 1 N–H and O–H groups in total. The topological polar surface area (TPSA) is 36.4 Å². The Hall–Kier alpha value is -1.98. The first-order chi connectivity index (χ1) is 14.1. The molecule has 3 nitrogen and oxygen atoms in total. The molecule has 3 heterocycles. The molecular formula is C24H25ClN2OS. The van der Waals surface area contributed by atoms with Crippen LogP contribution >= 0.6 is 22.9 Å². The molecule has 0 spiro atoms. The van der Waals surface area contributed by atoms with Gasteiger partial charge in [-0.3, -0.25) is 4.98 Å². The van der Waals surface area contributed by atoms with E-state index >= 15 is 0 Å². The highest BCUT2D eigenvalue weighted by Gasteiger charge is 2.33. The van der Waals surface area contributed by atoms with Crippen molar-refractivity contribution in [1.29, 1.82) is 0 Å². The number of hydrogen-bond acceptors (Lipinski definition) is 4. The normalized spacial score (nSPS) is 17.4. The van der Waals surface area contributed by atoms with Gasteiger partial charge in [0, 0.05) is 47.5 Å². The molecule has 0 unspecified atom stereocenters. The summed E-state index contributed by atoms with van der Waals surface area (Å²) in [6.45, 7) is 2.79. The number of hydrogen-bond donors (Lipinski definition) is 1. The highest BCUT2D eigenvalue weighted by Crippen LogP contribution is 2.33. The Bertz CT molecular complexity index is 931. The molecule has 1 aliphatic rings. The molecule has 0 aliphatic carbocycles. The molecule has 1 aliphatic heterocycles. The third-order valence-electron chi connectivity index (χ3n) is 5.62. The summed E-state index contributed by atoms with van der Waals surface area (Å²) in [5.41, 5.74) is 2.64. The maximum atomic E-state index is 11.1. The van der Waals surface area contributed by atoms with Gasteiger partial charge in [-0.15, -0.1) is 11.3 Å². The van der Waals surface area contributed by atoms with Crippen LogP contribution in [0, 0.1) is 0 Å². The van der Waals surface area contributed by atoms with Crippen molar-refractivity contribution in [1.82, 2.24) is 9.88 Å². The van der Waals surface area contributed by atoms with Crippen LogP contribution in [0.25, 0.3) is 5.57 Å². The maximum Gasteiger partial charge on any atom is 0.0920 e. The second-order valence-corrected chi connectivity index (χ2v) is 8.89. The smallest absolute Gasteiger partial charge is 0.0920 e. The first-order valence-electron chi connectivity index (χ1n) is 9.99. The van der Waals surface area contributed by atoms with Crippen molar-refractivity contribution in [3.05, 3.63) is 93.4 Å². The van der Waals surface area contributed by atoms with E-state index in [0.717, 1.165) is 50.0 Å². The quantitative estimate of drug-likeness (QED) is 0.559. The molecule has 1 aromatic carbocycles. The van der Waals surface area contributed by atoms with Gasteiger partial charge in [-0.1, -0.05) is 41.9 Å². The molecule has 4 rings (SSSR count). The van der Waals surface area contributed by atoms with Gasteiger partial charge in [-0.05, 0) is 60.0 Å².